The second-order valence-electron chi connectivity index (χ2n) is 5.45. The van der Waals surface area contributed by atoms with Crippen LogP contribution in [0.15, 0.2) is 33.7 Å². The monoisotopic (exact) mass is 297 g/mol. The lowest BCUT2D eigenvalue weighted by atomic mass is 9.94. The van der Waals surface area contributed by atoms with Crippen molar-refractivity contribution >= 4 is 11.5 Å². The van der Waals surface area contributed by atoms with Gasteiger partial charge in [0, 0.05) is 12.1 Å². The Morgan fingerprint density at radius 2 is 2.05 bits per heavy atom. The molecule has 0 N–H and O–H groups in total. The van der Waals surface area contributed by atoms with Crippen LogP contribution in [-0.4, -0.2) is 24.8 Å². The maximum Gasteiger partial charge on any atom is 0.231 e. The predicted molar refractivity (Wildman–Crippen MR) is 80.1 cm³/mol. The van der Waals surface area contributed by atoms with Crippen LogP contribution in [-0.2, 0) is 6.42 Å². The third-order valence-corrected chi connectivity index (χ3v) is 3.94. The molecule has 3 heterocycles. The van der Waals surface area contributed by atoms with Gasteiger partial charge in [-0.3, -0.25) is 9.79 Å². The number of carbonyl (C=O) groups excluding carboxylic acids is 1. The van der Waals surface area contributed by atoms with Crippen LogP contribution in [0.5, 0.6) is 11.5 Å². The third kappa shape index (κ3) is 2.19. The predicted octanol–water partition coefficient (Wildman–Crippen LogP) is 2.93. The Kier molecular flexibility index (Phi) is 2.99. The number of carbonyl (C=O) groups is 1. The van der Waals surface area contributed by atoms with Gasteiger partial charge in [0.15, 0.2) is 17.3 Å². The molecule has 4 rings (SSSR count). The number of rotatable bonds is 3. The highest BCUT2D eigenvalue weighted by Crippen LogP contribution is 2.36. The van der Waals surface area contributed by atoms with E-state index in [1.54, 1.807) is 12.1 Å². The van der Waals surface area contributed by atoms with Crippen molar-refractivity contribution < 1.29 is 18.7 Å². The number of Topliss-reactive ketones (excluding diaryl/α,β-unsaturated/α-hetero) is 1. The standard InChI is InChI=1S/C17H15NO4/c1-10-2-3-15(22-10)14(19)8-13-12-7-17-16(20-9-21-17)6-11(12)4-5-18-13/h2-3,6-7H,4-5,8-9H2,1H3. The first-order valence-electron chi connectivity index (χ1n) is 7.26. The van der Waals surface area contributed by atoms with Crippen LogP contribution in [0.4, 0.5) is 0 Å². The molecule has 2 aliphatic heterocycles. The van der Waals surface area contributed by atoms with E-state index in [2.05, 4.69) is 4.99 Å². The molecule has 0 saturated heterocycles. The van der Waals surface area contributed by atoms with Crippen molar-refractivity contribution in [2.45, 2.75) is 19.8 Å². The number of aryl methyl sites for hydroxylation is 1. The van der Waals surface area contributed by atoms with Crippen LogP contribution in [0.2, 0.25) is 0 Å². The van der Waals surface area contributed by atoms with Crippen LogP contribution >= 0.6 is 0 Å². The first kappa shape index (κ1) is 13.1. The van der Waals surface area contributed by atoms with Crippen LogP contribution in [0.25, 0.3) is 0 Å². The lowest BCUT2D eigenvalue weighted by Crippen LogP contribution is -2.16. The van der Waals surface area contributed by atoms with E-state index in [0.717, 1.165) is 40.5 Å². The second kappa shape index (κ2) is 5.02. The number of fused-ring (bicyclic) bond motifs is 2. The van der Waals surface area contributed by atoms with Gasteiger partial charge in [0.25, 0.3) is 0 Å². The molecule has 1 aromatic heterocycles. The van der Waals surface area contributed by atoms with E-state index in [4.69, 9.17) is 13.9 Å². The van der Waals surface area contributed by atoms with Gasteiger partial charge < -0.3 is 13.9 Å². The van der Waals surface area contributed by atoms with Crippen molar-refractivity contribution in [2.75, 3.05) is 13.3 Å². The molecule has 112 valence electrons. The van der Waals surface area contributed by atoms with Crippen LogP contribution in [0.3, 0.4) is 0 Å². The summed E-state index contributed by atoms with van der Waals surface area (Å²) < 4.78 is 16.2. The second-order valence-corrected chi connectivity index (χ2v) is 5.45. The summed E-state index contributed by atoms with van der Waals surface area (Å²) in [6.45, 7) is 2.76. The zero-order valence-corrected chi connectivity index (χ0v) is 12.2. The van der Waals surface area contributed by atoms with E-state index < -0.39 is 0 Å². The summed E-state index contributed by atoms with van der Waals surface area (Å²) in [5, 5.41) is 0. The molecule has 0 amide bonds. The van der Waals surface area contributed by atoms with Gasteiger partial charge in [0.05, 0.1) is 12.1 Å². The molecular formula is C17H15NO4. The summed E-state index contributed by atoms with van der Waals surface area (Å²) in [5.74, 6) is 2.55. The van der Waals surface area contributed by atoms with Gasteiger partial charge in [-0.1, -0.05) is 0 Å². The lowest BCUT2D eigenvalue weighted by Gasteiger charge is -2.17. The molecule has 2 aliphatic rings. The number of furan rings is 1. The largest absolute Gasteiger partial charge is 0.458 e. The maximum atomic E-state index is 12.3. The number of ketones is 1. The Hall–Kier alpha value is -2.56. The average Bonchev–Trinajstić information content (AvgIpc) is 3.13. The summed E-state index contributed by atoms with van der Waals surface area (Å²) in [6, 6.07) is 7.42. The van der Waals surface area contributed by atoms with Crippen LogP contribution in [0.1, 0.15) is 33.9 Å². The molecule has 22 heavy (non-hydrogen) atoms. The van der Waals surface area contributed by atoms with E-state index in [1.165, 1.54) is 0 Å². The molecule has 0 unspecified atom stereocenters. The Balaban J connectivity index is 1.64. The summed E-state index contributed by atoms with van der Waals surface area (Å²) in [5.41, 5.74) is 2.92. The molecule has 0 fully saturated rings. The summed E-state index contributed by atoms with van der Waals surface area (Å²) in [7, 11) is 0. The minimum Gasteiger partial charge on any atom is -0.458 e. The van der Waals surface area contributed by atoms with Crippen molar-refractivity contribution in [3.8, 4) is 11.5 Å². The van der Waals surface area contributed by atoms with E-state index >= 15 is 0 Å². The fraction of sp³-hybridized carbons (Fsp3) is 0.294. The number of nitrogens with zero attached hydrogens (tertiary/aromatic N) is 1. The topological polar surface area (TPSA) is 61.0 Å². The van der Waals surface area contributed by atoms with Gasteiger partial charge in [-0.2, -0.15) is 0 Å². The van der Waals surface area contributed by atoms with Crippen molar-refractivity contribution in [1.82, 2.24) is 0 Å². The molecule has 0 radical (unpaired) electrons. The Morgan fingerprint density at radius 3 is 2.82 bits per heavy atom. The van der Waals surface area contributed by atoms with Gasteiger partial charge in [0.2, 0.25) is 12.6 Å². The third-order valence-electron chi connectivity index (χ3n) is 3.94. The number of aliphatic imine (C=N–C) groups is 1. The molecule has 0 bridgehead atoms. The van der Waals surface area contributed by atoms with Gasteiger partial charge in [0.1, 0.15) is 5.76 Å². The van der Waals surface area contributed by atoms with Crippen molar-refractivity contribution in [3.05, 3.63) is 46.9 Å². The lowest BCUT2D eigenvalue weighted by molar-refractivity contribution is 0.0973. The SMILES string of the molecule is Cc1ccc(C(=O)CC2=NCCc3cc4c(cc32)OCO4)o1. The molecule has 2 aromatic rings. The molecule has 5 heteroatoms. The van der Waals surface area contributed by atoms with E-state index in [-0.39, 0.29) is 19.0 Å². The number of benzene rings is 1. The van der Waals surface area contributed by atoms with Crippen molar-refractivity contribution in [2.24, 2.45) is 4.99 Å². The molecule has 1 aromatic carbocycles. The van der Waals surface area contributed by atoms with Gasteiger partial charge >= 0.3 is 0 Å². The van der Waals surface area contributed by atoms with Gasteiger partial charge in [-0.25, -0.2) is 0 Å². The summed E-state index contributed by atoms with van der Waals surface area (Å²) >= 11 is 0. The zero-order chi connectivity index (χ0) is 15.1. The van der Waals surface area contributed by atoms with Crippen molar-refractivity contribution in [3.63, 3.8) is 0 Å². The Morgan fingerprint density at radius 1 is 1.23 bits per heavy atom. The fourth-order valence-corrected chi connectivity index (χ4v) is 2.83. The number of hydrogen-bond acceptors (Lipinski definition) is 5. The number of hydrogen-bond donors (Lipinski definition) is 0. The molecule has 0 aliphatic carbocycles. The van der Waals surface area contributed by atoms with E-state index in [0.29, 0.717) is 12.3 Å². The first-order chi connectivity index (χ1) is 10.7. The number of ether oxygens (including phenoxy) is 2. The minimum absolute atomic E-state index is 0.0580. The molecule has 5 nitrogen and oxygen atoms in total. The molecule has 0 spiro atoms. The highest BCUT2D eigenvalue weighted by Gasteiger charge is 2.24. The minimum atomic E-state index is -0.0580. The van der Waals surface area contributed by atoms with Crippen LogP contribution in [0, 0.1) is 6.92 Å². The highest BCUT2D eigenvalue weighted by molar-refractivity contribution is 6.16. The van der Waals surface area contributed by atoms with Crippen LogP contribution < -0.4 is 9.47 Å². The molecule has 0 atom stereocenters. The Labute approximate surface area is 127 Å². The van der Waals surface area contributed by atoms with Gasteiger partial charge in [-0.05, 0) is 43.2 Å². The highest BCUT2D eigenvalue weighted by atomic mass is 16.7. The smallest absolute Gasteiger partial charge is 0.231 e. The zero-order valence-electron chi connectivity index (χ0n) is 12.2. The first-order valence-corrected chi connectivity index (χ1v) is 7.26. The molecule has 0 saturated carbocycles. The normalized spacial score (nSPS) is 15.4. The maximum absolute atomic E-state index is 12.3. The summed E-state index contributed by atoms with van der Waals surface area (Å²) in [4.78, 5) is 16.9. The Bertz CT molecular complexity index is 788. The average molecular weight is 297 g/mol. The fourth-order valence-electron chi connectivity index (χ4n) is 2.83. The molecular weight excluding hydrogens is 282 g/mol. The van der Waals surface area contributed by atoms with Gasteiger partial charge in [-0.15, -0.1) is 0 Å². The van der Waals surface area contributed by atoms with E-state index in [9.17, 15) is 4.79 Å². The summed E-state index contributed by atoms with van der Waals surface area (Å²) in [6.07, 6.45) is 1.09. The van der Waals surface area contributed by atoms with Crippen molar-refractivity contribution in [1.29, 1.82) is 0 Å². The quantitative estimate of drug-likeness (QED) is 0.817. The van der Waals surface area contributed by atoms with E-state index in [1.807, 2.05) is 19.1 Å².